The molecule has 6 N–H and O–H groups in total. The number of hydrogen-bond donors (Lipinski definition) is 5. The maximum atomic E-state index is 13.0. The summed E-state index contributed by atoms with van der Waals surface area (Å²) in [4.78, 5) is 48.3. The van der Waals surface area contributed by atoms with Gasteiger partial charge < -0.3 is 26.0 Å². The summed E-state index contributed by atoms with van der Waals surface area (Å²) in [5.74, 6) is -0.931. The second-order valence-corrected chi connectivity index (χ2v) is 8.71. The monoisotopic (exact) mass is 447 g/mol. The zero-order chi connectivity index (χ0) is 22.9. The molecule has 1 rings (SSSR count). The number of carbonyl (C=O) groups excluding carboxylic acids is 3. The average Bonchev–Trinajstić information content (AvgIpc) is 3.07. The van der Waals surface area contributed by atoms with Crippen LogP contribution in [0.15, 0.2) is 0 Å². The lowest BCUT2D eigenvalue weighted by molar-refractivity contribution is -0.525. The first-order valence-electron chi connectivity index (χ1n) is 9.35. The van der Waals surface area contributed by atoms with E-state index < -0.39 is 45.9 Å². The molecule has 30 heavy (non-hydrogen) atoms. The molecule has 14 heteroatoms. The minimum Gasteiger partial charge on any atom is -0.444 e. The molecular weight excluding hydrogens is 418 g/mol. The second-order valence-electron chi connectivity index (χ2n) is 7.52. The van der Waals surface area contributed by atoms with Gasteiger partial charge in [-0.1, -0.05) is 5.43 Å². The zero-order valence-electron chi connectivity index (χ0n) is 17.2. The number of amides is 3. The molecule has 1 saturated heterocycles. The van der Waals surface area contributed by atoms with Gasteiger partial charge in [-0.15, -0.1) is 11.8 Å². The van der Waals surface area contributed by atoms with Crippen LogP contribution in [0.3, 0.4) is 0 Å². The van der Waals surface area contributed by atoms with Gasteiger partial charge in [-0.3, -0.25) is 15.0 Å². The highest BCUT2D eigenvalue weighted by Crippen LogP contribution is 2.24. The number of hydrazine groups is 1. The Hall–Kier alpha value is -2.77. The van der Waals surface area contributed by atoms with Crippen LogP contribution < -0.4 is 21.8 Å². The lowest BCUT2D eigenvalue weighted by atomic mass is 10.1. The Morgan fingerprint density at radius 3 is 2.60 bits per heavy atom. The first-order valence-corrected chi connectivity index (χ1v) is 10.4. The van der Waals surface area contributed by atoms with Crippen LogP contribution in [0.4, 0.5) is 4.79 Å². The molecule has 2 atom stereocenters. The first kappa shape index (κ1) is 25.3. The molecular formula is C16H29N7O6S. The van der Waals surface area contributed by atoms with Crippen molar-refractivity contribution in [2.75, 3.05) is 18.8 Å². The van der Waals surface area contributed by atoms with Crippen molar-refractivity contribution >= 4 is 35.6 Å². The van der Waals surface area contributed by atoms with Crippen molar-refractivity contribution in [1.29, 1.82) is 5.41 Å². The van der Waals surface area contributed by atoms with Gasteiger partial charge in [-0.25, -0.2) is 14.9 Å². The summed E-state index contributed by atoms with van der Waals surface area (Å²) in [6.07, 6.45) is 0.448. The molecule has 0 aromatic heterocycles. The van der Waals surface area contributed by atoms with Gasteiger partial charge >= 0.3 is 6.09 Å². The smallest absolute Gasteiger partial charge is 0.408 e. The predicted molar refractivity (Wildman–Crippen MR) is 110 cm³/mol. The topological polar surface area (TPSA) is 193 Å². The standard InChI is InChI=1S/C16H29N7O6S/c1-16(2,3)29-15(26)20-10(6-4-5-7-19-14(18)21-23(27)28)12(25)22-8-9-30-13(22)11(17)24/h10,13H,4-9H2,1-3H3,(H2,17,24)(H,20,26)(H3,18,19,21)/t10-,13+/m0/s1. The van der Waals surface area contributed by atoms with E-state index in [9.17, 15) is 24.5 Å². The fraction of sp³-hybridized carbons (Fsp3) is 0.750. The summed E-state index contributed by atoms with van der Waals surface area (Å²) in [6.45, 7) is 5.70. The Labute approximate surface area is 178 Å². The van der Waals surface area contributed by atoms with E-state index >= 15 is 0 Å². The Morgan fingerprint density at radius 1 is 1.37 bits per heavy atom. The highest BCUT2D eigenvalue weighted by atomic mass is 32.2. The van der Waals surface area contributed by atoms with Gasteiger partial charge in [-0.05, 0) is 40.0 Å². The van der Waals surface area contributed by atoms with Crippen LogP contribution in [-0.4, -0.2) is 69.7 Å². The predicted octanol–water partition coefficient (Wildman–Crippen LogP) is -0.258. The van der Waals surface area contributed by atoms with E-state index in [-0.39, 0.29) is 13.0 Å². The molecule has 1 heterocycles. The fourth-order valence-electron chi connectivity index (χ4n) is 2.66. The molecule has 13 nitrogen and oxygen atoms in total. The molecule has 0 aromatic carbocycles. The van der Waals surface area contributed by atoms with Gasteiger partial charge in [0.2, 0.25) is 5.91 Å². The number of nitrogens with zero attached hydrogens (tertiary/aromatic N) is 2. The van der Waals surface area contributed by atoms with E-state index in [1.54, 1.807) is 26.2 Å². The number of thioether (sulfide) groups is 1. The third kappa shape index (κ3) is 9.15. The van der Waals surface area contributed by atoms with Crippen LogP contribution in [-0.2, 0) is 14.3 Å². The van der Waals surface area contributed by atoms with E-state index in [0.29, 0.717) is 25.1 Å². The number of unbranched alkanes of at least 4 members (excludes halogenated alkanes) is 1. The summed E-state index contributed by atoms with van der Waals surface area (Å²) < 4.78 is 5.22. The molecule has 1 aliphatic heterocycles. The minimum atomic E-state index is -0.920. The Balaban J connectivity index is 2.67. The Bertz CT molecular complexity index is 669. The normalized spacial score (nSPS) is 17.0. The van der Waals surface area contributed by atoms with Crippen molar-refractivity contribution in [2.45, 2.75) is 57.1 Å². The van der Waals surface area contributed by atoms with Crippen molar-refractivity contribution < 1.29 is 24.2 Å². The number of hydrogen-bond acceptors (Lipinski definition) is 8. The SMILES string of the molecule is CC(C)(C)OC(=O)N[C@@H](CCCCNC(=N)N[N+](=O)[O-])C(=O)N1CCS[C@@H]1C(N)=O. The van der Waals surface area contributed by atoms with E-state index in [1.165, 1.54) is 16.7 Å². The fourth-order valence-corrected chi connectivity index (χ4v) is 3.74. The van der Waals surface area contributed by atoms with Crippen LogP contribution in [0.1, 0.15) is 40.0 Å². The number of nitrogens with two attached hydrogens (primary N) is 1. The van der Waals surface area contributed by atoms with Gasteiger partial charge in [0.1, 0.15) is 11.6 Å². The summed E-state index contributed by atoms with van der Waals surface area (Å²) in [6, 6.07) is -0.920. The number of ether oxygens (including phenoxy) is 1. The van der Waals surface area contributed by atoms with Gasteiger partial charge in [-0.2, -0.15) is 0 Å². The molecule has 0 radical (unpaired) electrons. The number of nitrogens with one attached hydrogen (secondary N) is 4. The van der Waals surface area contributed by atoms with Crippen molar-refractivity contribution in [3.05, 3.63) is 10.1 Å². The number of guanidine groups is 1. The van der Waals surface area contributed by atoms with Crippen LogP contribution in [0.5, 0.6) is 0 Å². The van der Waals surface area contributed by atoms with Gasteiger partial charge in [0, 0.05) is 18.8 Å². The lowest BCUT2D eigenvalue weighted by Gasteiger charge is -2.28. The van der Waals surface area contributed by atoms with Crippen molar-refractivity contribution in [2.24, 2.45) is 5.73 Å². The highest BCUT2D eigenvalue weighted by molar-refractivity contribution is 8.00. The van der Waals surface area contributed by atoms with Crippen molar-refractivity contribution in [1.82, 2.24) is 21.0 Å². The third-order valence-corrected chi connectivity index (χ3v) is 5.05. The van der Waals surface area contributed by atoms with Gasteiger partial charge in [0.25, 0.3) is 11.9 Å². The number of nitro groups is 1. The maximum Gasteiger partial charge on any atom is 0.408 e. The van der Waals surface area contributed by atoms with E-state index in [0.717, 1.165) is 0 Å². The van der Waals surface area contributed by atoms with Crippen LogP contribution >= 0.6 is 11.8 Å². The van der Waals surface area contributed by atoms with Crippen molar-refractivity contribution in [3.63, 3.8) is 0 Å². The van der Waals surface area contributed by atoms with Crippen molar-refractivity contribution in [3.8, 4) is 0 Å². The molecule has 0 aliphatic carbocycles. The average molecular weight is 448 g/mol. The second kappa shape index (κ2) is 11.4. The summed E-state index contributed by atoms with van der Waals surface area (Å²) in [5.41, 5.74) is 6.30. The molecule has 0 saturated carbocycles. The molecule has 170 valence electrons. The van der Waals surface area contributed by atoms with Gasteiger partial charge in [0.15, 0.2) is 10.4 Å². The molecule has 0 spiro atoms. The van der Waals surface area contributed by atoms with Gasteiger partial charge in [0.05, 0.1) is 0 Å². The first-order chi connectivity index (χ1) is 13.9. The minimum absolute atomic E-state index is 0.252. The zero-order valence-corrected chi connectivity index (χ0v) is 18.0. The molecule has 1 fully saturated rings. The number of primary amides is 1. The van der Waals surface area contributed by atoms with Crippen LogP contribution in [0.25, 0.3) is 0 Å². The van der Waals surface area contributed by atoms with Crippen LogP contribution in [0, 0.1) is 15.5 Å². The summed E-state index contributed by atoms with van der Waals surface area (Å²) >= 11 is 1.26. The van der Waals surface area contributed by atoms with Crippen LogP contribution in [0.2, 0.25) is 0 Å². The van der Waals surface area contributed by atoms with E-state index in [1.807, 2.05) is 0 Å². The molecule has 3 amide bonds. The highest BCUT2D eigenvalue weighted by Gasteiger charge is 2.37. The van der Waals surface area contributed by atoms with E-state index in [4.69, 9.17) is 15.9 Å². The maximum absolute atomic E-state index is 13.0. The molecule has 1 aliphatic rings. The quantitative estimate of drug-likeness (QED) is 0.104. The Morgan fingerprint density at radius 2 is 2.03 bits per heavy atom. The summed E-state index contributed by atoms with van der Waals surface area (Å²) in [7, 11) is 0. The molecule has 0 aromatic rings. The Kier molecular flexibility index (Phi) is 9.62. The third-order valence-electron chi connectivity index (χ3n) is 3.83. The molecule has 0 bridgehead atoms. The lowest BCUT2D eigenvalue weighted by Crippen LogP contribution is -2.53. The number of carbonyl (C=O) groups is 3. The number of rotatable bonds is 9. The molecule has 0 unspecified atom stereocenters. The summed E-state index contributed by atoms with van der Waals surface area (Å²) in [5, 5.41) is 21.0. The number of alkyl carbamates (subject to hydrolysis) is 1. The van der Waals surface area contributed by atoms with E-state index in [2.05, 4.69) is 10.6 Å². The largest absolute Gasteiger partial charge is 0.444 e.